The van der Waals surface area contributed by atoms with Crippen LogP contribution in [0.2, 0.25) is 0 Å². The normalized spacial score (nSPS) is 12.1. The Balaban J connectivity index is 2.30. The van der Waals surface area contributed by atoms with Crippen molar-refractivity contribution < 1.29 is 9.84 Å². The molecule has 1 aromatic carbocycles. The molecule has 0 fully saturated rings. The Hall–Kier alpha value is -1.94. The van der Waals surface area contributed by atoms with Gasteiger partial charge in [-0.1, -0.05) is 12.1 Å². The van der Waals surface area contributed by atoms with E-state index in [-0.39, 0.29) is 0 Å². The van der Waals surface area contributed by atoms with Crippen LogP contribution >= 0.6 is 0 Å². The minimum Gasteiger partial charge on any atom is -0.497 e. The summed E-state index contributed by atoms with van der Waals surface area (Å²) in [5.41, 5.74) is 0.713. The van der Waals surface area contributed by atoms with Gasteiger partial charge in [-0.15, -0.1) is 0 Å². The van der Waals surface area contributed by atoms with Crippen molar-refractivity contribution in [2.45, 2.75) is 6.10 Å². The average molecular weight is 216 g/mol. The second kappa shape index (κ2) is 4.72. The van der Waals surface area contributed by atoms with Crippen LogP contribution in [0.4, 0.5) is 0 Å². The first-order valence-electron chi connectivity index (χ1n) is 4.90. The first-order valence-corrected chi connectivity index (χ1v) is 4.90. The predicted molar refractivity (Wildman–Crippen MR) is 59.1 cm³/mol. The topological polar surface area (TPSA) is 55.2 Å². The van der Waals surface area contributed by atoms with Crippen molar-refractivity contribution in [2.75, 3.05) is 7.11 Å². The van der Waals surface area contributed by atoms with Crippen LogP contribution in [0.3, 0.4) is 0 Å². The molecule has 0 spiro atoms. The molecule has 0 aliphatic rings. The van der Waals surface area contributed by atoms with E-state index in [1.54, 1.807) is 31.6 Å². The summed E-state index contributed by atoms with van der Waals surface area (Å²) in [6, 6.07) is 8.93. The summed E-state index contributed by atoms with van der Waals surface area (Å²) in [5.74, 6) is 1.09. The maximum Gasteiger partial charge on any atom is 0.161 e. The van der Waals surface area contributed by atoms with Gasteiger partial charge in [0.05, 0.1) is 7.11 Å². The summed E-state index contributed by atoms with van der Waals surface area (Å²) >= 11 is 0. The number of nitrogens with zero attached hydrogens (tertiary/aromatic N) is 2. The molecule has 2 rings (SSSR count). The minimum atomic E-state index is -0.823. The molecule has 4 nitrogen and oxygen atoms in total. The van der Waals surface area contributed by atoms with Gasteiger partial charge in [0.1, 0.15) is 11.9 Å². The van der Waals surface area contributed by atoms with Gasteiger partial charge in [-0.2, -0.15) is 0 Å². The van der Waals surface area contributed by atoms with Crippen LogP contribution < -0.4 is 4.74 Å². The molecule has 2 aromatic rings. The van der Waals surface area contributed by atoms with Crippen molar-refractivity contribution in [2.24, 2.45) is 0 Å². The smallest absolute Gasteiger partial charge is 0.161 e. The zero-order valence-electron chi connectivity index (χ0n) is 8.87. The number of aromatic nitrogens is 2. The Morgan fingerprint density at radius 3 is 2.62 bits per heavy atom. The van der Waals surface area contributed by atoms with Crippen LogP contribution in [0.5, 0.6) is 5.75 Å². The van der Waals surface area contributed by atoms with Crippen LogP contribution in [0.1, 0.15) is 17.5 Å². The molecule has 0 saturated carbocycles. The molecule has 82 valence electrons. The van der Waals surface area contributed by atoms with Gasteiger partial charge < -0.3 is 9.84 Å². The van der Waals surface area contributed by atoms with E-state index in [1.165, 1.54) is 0 Å². The first kappa shape index (κ1) is 10.6. The van der Waals surface area contributed by atoms with Gasteiger partial charge >= 0.3 is 0 Å². The predicted octanol–water partition coefficient (Wildman–Crippen LogP) is 1.57. The SMILES string of the molecule is COc1cccc(C(O)c2ncccn2)c1. The quantitative estimate of drug-likeness (QED) is 0.846. The molecule has 0 bridgehead atoms. The minimum absolute atomic E-state index is 0.385. The highest BCUT2D eigenvalue weighted by Crippen LogP contribution is 2.22. The number of benzene rings is 1. The largest absolute Gasteiger partial charge is 0.497 e. The fraction of sp³-hybridized carbons (Fsp3) is 0.167. The van der Waals surface area contributed by atoms with Gasteiger partial charge in [-0.05, 0) is 23.8 Å². The van der Waals surface area contributed by atoms with Gasteiger partial charge in [0.25, 0.3) is 0 Å². The lowest BCUT2D eigenvalue weighted by Crippen LogP contribution is -2.04. The Morgan fingerprint density at radius 1 is 1.19 bits per heavy atom. The third-order valence-electron chi connectivity index (χ3n) is 2.24. The molecular weight excluding hydrogens is 204 g/mol. The van der Waals surface area contributed by atoms with Gasteiger partial charge in [-0.25, -0.2) is 9.97 Å². The molecule has 1 N–H and O–H groups in total. The lowest BCUT2D eigenvalue weighted by Gasteiger charge is -2.10. The van der Waals surface area contributed by atoms with E-state index >= 15 is 0 Å². The molecule has 0 radical (unpaired) electrons. The van der Waals surface area contributed by atoms with Crippen molar-refractivity contribution in [3.8, 4) is 5.75 Å². The van der Waals surface area contributed by atoms with Crippen LogP contribution in [-0.4, -0.2) is 22.2 Å². The Bertz CT molecular complexity index is 460. The number of hydrogen-bond acceptors (Lipinski definition) is 4. The van der Waals surface area contributed by atoms with Crippen molar-refractivity contribution in [3.05, 3.63) is 54.1 Å². The van der Waals surface area contributed by atoms with E-state index in [2.05, 4.69) is 9.97 Å². The molecule has 0 saturated heterocycles. The summed E-state index contributed by atoms with van der Waals surface area (Å²) in [4.78, 5) is 8.02. The first-order chi connectivity index (χ1) is 7.81. The second-order valence-electron chi connectivity index (χ2n) is 3.29. The highest BCUT2D eigenvalue weighted by Gasteiger charge is 2.13. The van der Waals surface area contributed by atoms with Crippen LogP contribution in [0.15, 0.2) is 42.7 Å². The molecule has 1 heterocycles. The average Bonchev–Trinajstić information content (AvgIpc) is 2.39. The summed E-state index contributed by atoms with van der Waals surface area (Å²) in [6.45, 7) is 0. The third-order valence-corrected chi connectivity index (χ3v) is 2.24. The summed E-state index contributed by atoms with van der Waals surface area (Å²) in [5, 5.41) is 10.0. The molecule has 1 aromatic heterocycles. The molecular formula is C12H12N2O2. The van der Waals surface area contributed by atoms with Crippen LogP contribution in [0.25, 0.3) is 0 Å². The van der Waals surface area contributed by atoms with Crippen molar-refractivity contribution in [1.29, 1.82) is 0 Å². The monoisotopic (exact) mass is 216 g/mol. The molecule has 1 atom stereocenters. The standard InChI is InChI=1S/C12H12N2O2/c1-16-10-5-2-4-9(8-10)11(15)12-13-6-3-7-14-12/h2-8,11,15H,1H3. The number of rotatable bonds is 3. The number of methoxy groups -OCH3 is 1. The maximum atomic E-state index is 10.0. The fourth-order valence-corrected chi connectivity index (χ4v) is 1.41. The van der Waals surface area contributed by atoms with E-state index in [1.807, 2.05) is 18.2 Å². The molecule has 4 heteroatoms. The molecule has 0 amide bonds. The Morgan fingerprint density at radius 2 is 1.94 bits per heavy atom. The number of aliphatic hydroxyl groups is 1. The van der Waals surface area contributed by atoms with Gasteiger partial charge in [0, 0.05) is 12.4 Å². The fourth-order valence-electron chi connectivity index (χ4n) is 1.41. The number of aliphatic hydroxyl groups excluding tert-OH is 1. The molecule has 16 heavy (non-hydrogen) atoms. The summed E-state index contributed by atoms with van der Waals surface area (Å²) < 4.78 is 5.09. The second-order valence-corrected chi connectivity index (χ2v) is 3.29. The molecule has 1 unspecified atom stereocenters. The van der Waals surface area contributed by atoms with E-state index in [0.717, 1.165) is 0 Å². The molecule has 0 aliphatic carbocycles. The van der Waals surface area contributed by atoms with E-state index in [4.69, 9.17) is 4.74 Å². The zero-order valence-corrected chi connectivity index (χ0v) is 8.87. The van der Waals surface area contributed by atoms with E-state index < -0.39 is 6.10 Å². The third kappa shape index (κ3) is 2.17. The van der Waals surface area contributed by atoms with Gasteiger partial charge in [0.2, 0.25) is 0 Å². The summed E-state index contributed by atoms with van der Waals surface area (Å²) in [6.07, 6.45) is 2.38. The lowest BCUT2D eigenvalue weighted by atomic mass is 10.1. The van der Waals surface area contributed by atoms with Crippen molar-refractivity contribution in [1.82, 2.24) is 9.97 Å². The lowest BCUT2D eigenvalue weighted by molar-refractivity contribution is 0.209. The number of ether oxygens (including phenoxy) is 1. The molecule has 0 aliphatic heterocycles. The highest BCUT2D eigenvalue weighted by atomic mass is 16.5. The Labute approximate surface area is 93.6 Å². The summed E-state index contributed by atoms with van der Waals surface area (Å²) in [7, 11) is 1.59. The van der Waals surface area contributed by atoms with Crippen LogP contribution in [0, 0.1) is 0 Å². The number of hydrogen-bond donors (Lipinski definition) is 1. The Kier molecular flexibility index (Phi) is 3.12. The van der Waals surface area contributed by atoms with E-state index in [0.29, 0.717) is 17.1 Å². The van der Waals surface area contributed by atoms with Crippen LogP contribution in [-0.2, 0) is 0 Å². The van der Waals surface area contributed by atoms with Gasteiger partial charge in [-0.3, -0.25) is 0 Å². The highest BCUT2D eigenvalue weighted by molar-refractivity contribution is 5.31. The zero-order chi connectivity index (χ0) is 11.4. The van der Waals surface area contributed by atoms with E-state index in [9.17, 15) is 5.11 Å². The van der Waals surface area contributed by atoms with Crippen molar-refractivity contribution in [3.63, 3.8) is 0 Å². The van der Waals surface area contributed by atoms with Crippen molar-refractivity contribution >= 4 is 0 Å². The van der Waals surface area contributed by atoms with Gasteiger partial charge in [0.15, 0.2) is 5.82 Å². The maximum absolute atomic E-state index is 10.0.